The van der Waals surface area contributed by atoms with Gasteiger partial charge in [-0.25, -0.2) is 14.6 Å². The molecule has 0 spiro atoms. The van der Waals surface area contributed by atoms with Gasteiger partial charge in [0, 0.05) is 4.47 Å². The van der Waals surface area contributed by atoms with E-state index in [1.807, 2.05) is 0 Å². The van der Waals surface area contributed by atoms with Crippen molar-refractivity contribution >= 4 is 33.4 Å². The maximum absolute atomic E-state index is 13.2. The van der Waals surface area contributed by atoms with E-state index in [0.29, 0.717) is 0 Å². The summed E-state index contributed by atoms with van der Waals surface area (Å²) in [6.45, 7) is 0. The van der Waals surface area contributed by atoms with Crippen molar-refractivity contribution in [2.24, 2.45) is 5.84 Å². The molecule has 0 saturated heterocycles. The Morgan fingerprint density at radius 1 is 1.19 bits per heavy atom. The number of carbonyl (C=O) groups excluding carboxylic acids is 2. The first kappa shape index (κ1) is 12.5. The summed E-state index contributed by atoms with van der Waals surface area (Å²) in [6.07, 6.45) is 0. The van der Waals surface area contributed by atoms with Crippen molar-refractivity contribution < 1.29 is 18.4 Å². The van der Waals surface area contributed by atoms with Crippen LogP contribution >= 0.6 is 15.9 Å². The summed E-state index contributed by atoms with van der Waals surface area (Å²) in [5.74, 6) is 0.185. The Kier molecular flexibility index (Phi) is 3.91. The zero-order valence-electron chi connectivity index (χ0n) is 7.68. The molecule has 0 aliphatic rings. The molecule has 0 unspecified atom stereocenters. The van der Waals surface area contributed by atoms with Crippen LogP contribution < -0.4 is 16.6 Å². The minimum Gasteiger partial charge on any atom is -0.313 e. The Bertz CT molecular complexity index is 430. The van der Waals surface area contributed by atoms with Gasteiger partial charge in [-0.1, -0.05) is 15.9 Å². The van der Waals surface area contributed by atoms with Gasteiger partial charge in [-0.3, -0.25) is 15.0 Å². The predicted molar refractivity (Wildman–Crippen MR) is 55.0 cm³/mol. The van der Waals surface area contributed by atoms with Crippen LogP contribution in [-0.4, -0.2) is 11.8 Å². The highest BCUT2D eigenvalue weighted by molar-refractivity contribution is 9.10. The van der Waals surface area contributed by atoms with Crippen molar-refractivity contribution in [3.8, 4) is 0 Å². The molecule has 1 rings (SSSR count). The number of hydrogen-bond acceptors (Lipinski definition) is 3. The Labute approximate surface area is 97.1 Å². The first-order chi connectivity index (χ1) is 7.45. The van der Waals surface area contributed by atoms with Crippen LogP contribution in [0.15, 0.2) is 16.6 Å². The predicted octanol–water partition coefficient (Wildman–Crippen LogP) is 0.656. The normalized spacial score (nSPS) is 9.75. The van der Waals surface area contributed by atoms with Crippen LogP contribution in [0.3, 0.4) is 0 Å². The van der Waals surface area contributed by atoms with Gasteiger partial charge in [0.05, 0.1) is 0 Å². The number of anilines is 1. The highest BCUT2D eigenvalue weighted by atomic mass is 79.9. The van der Waals surface area contributed by atoms with Gasteiger partial charge in [0.2, 0.25) is 0 Å². The SMILES string of the molecule is NNC(=O)C(=O)Nc1c(F)cc(Br)cc1F. The molecule has 5 nitrogen and oxygen atoms in total. The lowest BCUT2D eigenvalue weighted by Gasteiger charge is -2.06. The summed E-state index contributed by atoms with van der Waals surface area (Å²) in [6, 6.07) is 1.89. The molecule has 86 valence electrons. The van der Waals surface area contributed by atoms with E-state index < -0.39 is 29.1 Å². The van der Waals surface area contributed by atoms with Gasteiger partial charge >= 0.3 is 11.8 Å². The number of nitrogens with two attached hydrogens (primary N) is 1. The summed E-state index contributed by atoms with van der Waals surface area (Å²) < 4.78 is 26.6. The van der Waals surface area contributed by atoms with E-state index in [4.69, 9.17) is 0 Å². The van der Waals surface area contributed by atoms with Crippen LogP contribution in [-0.2, 0) is 9.59 Å². The van der Waals surface area contributed by atoms with Crippen molar-refractivity contribution in [1.29, 1.82) is 0 Å². The molecule has 1 aromatic carbocycles. The molecule has 0 bridgehead atoms. The first-order valence-electron chi connectivity index (χ1n) is 3.92. The third-order valence-corrected chi connectivity index (χ3v) is 2.04. The maximum Gasteiger partial charge on any atom is 0.323 e. The smallest absolute Gasteiger partial charge is 0.313 e. The largest absolute Gasteiger partial charge is 0.323 e. The molecule has 2 amide bonds. The van der Waals surface area contributed by atoms with E-state index in [1.54, 1.807) is 5.32 Å². The van der Waals surface area contributed by atoms with E-state index in [0.717, 1.165) is 12.1 Å². The molecule has 0 atom stereocenters. The third-order valence-electron chi connectivity index (χ3n) is 1.58. The minimum atomic E-state index is -1.26. The Morgan fingerprint density at radius 3 is 2.12 bits per heavy atom. The number of benzene rings is 1. The lowest BCUT2D eigenvalue weighted by Crippen LogP contribution is -2.39. The summed E-state index contributed by atoms with van der Waals surface area (Å²) in [5.41, 5.74) is 0.819. The van der Waals surface area contributed by atoms with E-state index in [-0.39, 0.29) is 4.47 Å². The quantitative estimate of drug-likeness (QED) is 0.308. The zero-order chi connectivity index (χ0) is 12.3. The van der Waals surface area contributed by atoms with Gasteiger partial charge in [-0.05, 0) is 12.1 Å². The molecule has 0 aromatic heterocycles. The van der Waals surface area contributed by atoms with E-state index >= 15 is 0 Å². The van der Waals surface area contributed by atoms with Crippen molar-refractivity contribution in [3.05, 3.63) is 28.2 Å². The van der Waals surface area contributed by atoms with Crippen LogP contribution in [0.5, 0.6) is 0 Å². The average Bonchev–Trinajstić information content (AvgIpc) is 2.21. The summed E-state index contributed by atoms with van der Waals surface area (Å²) in [7, 11) is 0. The van der Waals surface area contributed by atoms with Crippen LogP contribution in [0.2, 0.25) is 0 Å². The molecular weight excluding hydrogens is 288 g/mol. The molecule has 0 saturated carbocycles. The van der Waals surface area contributed by atoms with E-state index in [1.165, 1.54) is 5.43 Å². The summed E-state index contributed by atoms with van der Waals surface area (Å²) in [5, 5.41) is 1.75. The molecule has 16 heavy (non-hydrogen) atoms. The average molecular weight is 294 g/mol. The van der Waals surface area contributed by atoms with Gasteiger partial charge in [-0.15, -0.1) is 0 Å². The highest BCUT2D eigenvalue weighted by Gasteiger charge is 2.17. The standard InChI is InChI=1S/C8H6BrF2N3O2/c9-3-1-4(10)6(5(11)2-3)13-7(15)8(16)14-12/h1-2H,12H2,(H,13,15)(H,14,16). The second-order valence-electron chi connectivity index (χ2n) is 2.67. The lowest BCUT2D eigenvalue weighted by molar-refractivity contribution is -0.136. The monoisotopic (exact) mass is 293 g/mol. The number of rotatable bonds is 1. The minimum absolute atomic E-state index is 0.170. The van der Waals surface area contributed by atoms with Crippen LogP contribution in [0, 0.1) is 11.6 Å². The van der Waals surface area contributed by atoms with E-state index in [2.05, 4.69) is 21.8 Å². The molecule has 0 aliphatic carbocycles. The molecule has 0 fully saturated rings. The third kappa shape index (κ3) is 2.74. The fourth-order valence-electron chi connectivity index (χ4n) is 0.897. The molecule has 0 heterocycles. The molecule has 0 aliphatic heterocycles. The zero-order valence-corrected chi connectivity index (χ0v) is 9.27. The van der Waals surface area contributed by atoms with Crippen molar-refractivity contribution in [3.63, 3.8) is 0 Å². The van der Waals surface area contributed by atoms with Crippen LogP contribution in [0.1, 0.15) is 0 Å². The first-order valence-corrected chi connectivity index (χ1v) is 4.71. The Morgan fingerprint density at radius 2 is 1.69 bits per heavy atom. The number of nitrogens with one attached hydrogen (secondary N) is 2. The summed E-state index contributed by atoms with van der Waals surface area (Å²) >= 11 is 2.86. The summed E-state index contributed by atoms with van der Waals surface area (Å²) in [4.78, 5) is 21.7. The number of amides is 2. The number of halogens is 3. The molecule has 8 heteroatoms. The molecule has 4 N–H and O–H groups in total. The van der Waals surface area contributed by atoms with Crippen LogP contribution in [0.25, 0.3) is 0 Å². The second kappa shape index (κ2) is 4.99. The van der Waals surface area contributed by atoms with Gasteiger partial charge in [0.1, 0.15) is 5.69 Å². The Hall–Kier alpha value is -1.54. The van der Waals surface area contributed by atoms with E-state index in [9.17, 15) is 18.4 Å². The fourth-order valence-corrected chi connectivity index (χ4v) is 1.30. The second-order valence-corrected chi connectivity index (χ2v) is 3.59. The maximum atomic E-state index is 13.2. The van der Waals surface area contributed by atoms with Crippen molar-refractivity contribution in [2.45, 2.75) is 0 Å². The highest BCUT2D eigenvalue weighted by Crippen LogP contribution is 2.23. The molecular formula is C8H6BrF2N3O2. The van der Waals surface area contributed by atoms with Gasteiger partial charge in [-0.2, -0.15) is 0 Å². The Balaban J connectivity index is 2.98. The van der Waals surface area contributed by atoms with Gasteiger partial charge < -0.3 is 5.32 Å². The van der Waals surface area contributed by atoms with Crippen molar-refractivity contribution in [2.75, 3.05) is 5.32 Å². The van der Waals surface area contributed by atoms with Gasteiger partial charge in [0.25, 0.3) is 0 Å². The molecule has 0 radical (unpaired) electrons. The number of carbonyl (C=O) groups is 2. The molecule has 1 aromatic rings. The fraction of sp³-hybridized carbons (Fsp3) is 0. The number of hydrogen-bond donors (Lipinski definition) is 3. The van der Waals surface area contributed by atoms with Gasteiger partial charge in [0.15, 0.2) is 11.6 Å². The lowest BCUT2D eigenvalue weighted by atomic mass is 10.3. The van der Waals surface area contributed by atoms with Crippen LogP contribution in [0.4, 0.5) is 14.5 Å². The number of hydrazine groups is 1. The topological polar surface area (TPSA) is 84.2 Å². The van der Waals surface area contributed by atoms with Crippen molar-refractivity contribution in [1.82, 2.24) is 5.43 Å².